The third kappa shape index (κ3) is 2.49. The minimum Gasteiger partial charge on any atom is -0.166 e. The number of alkyl halides is 4. The highest BCUT2D eigenvalue weighted by Crippen LogP contribution is 2.34. The van der Waals surface area contributed by atoms with Crippen molar-refractivity contribution in [2.24, 2.45) is 0 Å². The van der Waals surface area contributed by atoms with E-state index in [0.29, 0.717) is 3.57 Å². The van der Waals surface area contributed by atoms with Gasteiger partial charge >= 0.3 is 6.18 Å². The summed E-state index contributed by atoms with van der Waals surface area (Å²) in [4.78, 5) is 0. The number of hydrogen-bond donors (Lipinski definition) is 0. The molecule has 0 amide bonds. The monoisotopic (exact) mass is 320 g/mol. The Morgan fingerprint density at radius 3 is 2.31 bits per heavy atom. The molecule has 0 radical (unpaired) electrons. The van der Waals surface area contributed by atoms with Gasteiger partial charge in [-0.05, 0) is 40.3 Å². The summed E-state index contributed by atoms with van der Waals surface area (Å²) in [5, 5.41) is 0. The van der Waals surface area contributed by atoms with Crippen LogP contribution in [0.4, 0.5) is 13.2 Å². The molecule has 1 aromatic rings. The van der Waals surface area contributed by atoms with Crippen LogP contribution in [0.2, 0.25) is 0 Å². The van der Waals surface area contributed by atoms with Gasteiger partial charge in [0.1, 0.15) is 0 Å². The van der Waals surface area contributed by atoms with Crippen LogP contribution in [0.3, 0.4) is 0 Å². The van der Waals surface area contributed by atoms with Crippen LogP contribution in [0.25, 0.3) is 0 Å². The van der Waals surface area contributed by atoms with Crippen molar-refractivity contribution >= 4 is 34.2 Å². The number of rotatable bonds is 1. The smallest absolute Gasteiger partial charge is 0.166 e. The second kappa shape index (κ2) is 4.04. The summed E-state index contributed by atoms with van der Waals surface area (Å²) in [6.45, 7) is 0. The van der Waals surface area contributed by atoms with Gasteiger partial charge in [0, 0.05) is 9.45 Å². The molecule has 0 nitrogen and oxygen atoms in total. The summed E-state index contributed by atoms with van der Waals surface area (Å²) in [5.74, 6) is -0.117. The molecule has 0 bridgehead atoms. The van der Waals surface area contributed by atoms with Crippen LogP contribution in [0.5, 0.6) is 0 Å². The Morgan fingerprint density at radius 1 is 1.31 bits per heavy atom. The summed E-state index contributed by atoms with van der Waals surface area (Å²) in [7, 11) is 0. The number of halogens is 5. The fraction of sp³-hybridized carbons (Fsp3) is 0.250. The average molecular weight is 320 g/mol. The molecule has 5 heteroatoms. The first kappa shape index (κ1) is 11.1. The average Bonchev–Trinajstić information content (AvgIpc) is 2.02. The lowest BCUT2D eigenvalue weighted by atomic mass is 10.1. The van der Waals surface area contributed by atoms with Crippen LogP contribution in [-0.2, 0) is 12.1 Å². The molecule has 0 unspecified atom stereocenters. The van der Waals surface area contributed by atoms with Crippen LogP contribution in [-0.4, -0.2) is 0 Å². The van der Waals surface area contributed by atoms with Gasteiger partial charge in [0.05, 0.1) is 5.56 Å². The van der Waals surface area contributed by atoms with Crippen molar-refractivity contribution in [2.75, 3.05) is 0 Å². The molecule has 0 heterocycles. The highest BCUT2D eigenvalue weighted by atomic mass is 127. The van der Waals surface area contributed by atoms with E-state index < -0.39 is 11.7 Å². The lowest BCUT2D eigenvalue weighted by Crippen LogP contribution is -2.09. The number of benzene rings is 1. The zero-order valence-electron chi connectivity index (χ0n) is 6.33. The first-order valence-electron chi connectivity index (χ1n) is 3.37. The Kier molecular flexibility index (Phi) is 3.45. The van der Waals surface area contributed by atoms with Crippen molar-refractivity contribution in [3.63, 3.8) is 0 Å². The van der Waals surface area contributed by atoms with Gasteiger partial charge in [-0.3, -0.25) is 0 Å². The standard InChI is InChI=1S/C8H5ClF3I/c9-4-5-6(8(10,11)12)2-1-3-7(5)13/h1-3H,4H2. The Morgan fingerprint density at radius 2 is 1.92 bits per heavy atom. The molecular formula is C8H5ClF3I. The third-order valence-corrected chi connectivity index (χ3v) is 2.84. The minimum absolute atomic E-state index is 0.117. The zero-order chi connectivity index (χ0) is 10.1. The zero-order valence-corrected chi connectivity index (χ0v) is 9.24. The normalized spacial score (nSPS) is 11.8. The van der Waals surface area contributed by atoms with Crippen LogP contribution in [0, 0.1) is 3.57 Å². The Hall–Kier alpha value is 0.0300. The maximum absolute atomic E-state index is 12.4. The van der Waals surface area contributed by atoms with Crippen molar-refractivity contribution in [3.05, 3.63) is 32.9 Å². The van der Waals surface area contributed by atoms with E-state index in [1.807, 2.05) is 22.6 Å². The van der Waals surface area contributed by atoms with Gasteiger partial charge in [0.25, 0.3) is 0 Å². The molecule has 0 saturated heterocycles. The minimum atomic E-state index is -4.31. The Bertz CT molecular complexity index is 309. The molecular weight excluding hydrogens is 315 g/mol. The van der Waals surface area contributed by atoms with Gasteiger partial charge in [-0.15, -0.1) is 11.6 Å². The fourth-order valence-corrected chi connectivity index (χ4v) is 2.16. The van der Waals surface area contributed by atoms with E-state index in [2.05, 4.69) is 0 Å². The third-order valence-electron chi connectivity index (χ3n) is 1.56. The van der Waals surface area contributed by atoms with Gasteiger partial charge in [0.2, 0.25) is 0 Å². The second-order valence-electron chi connectivity index (χ2n) is 2.40. The largest absolute Gasteiger partial charge is 0.416 e. The van der Waals surface area contributed by atoms with Crippen molar-refractivity contribution in [1.29, 1.82) is 0 Å². The predicted octanol–water partition coefficient (Wildman–Crippen LogP) is 4.05. The van der Waals surface area contributed by atoms with Gasteiger partial charge in [-0.25, -0.2) is 0 Å². The van der Waals surface area contributed by atoms with Crippen LogP contribution >= 0.6 is 34.2 Å². The van der Waals surface area contributed by atoms with Gasteiger partial charge in [0.15, 0.2) is 0 Å². The second-order valence-corrected chi connectivity index (χ2v) is 3.83. The SMILES string of the molecule is FC(F)(F)c1cccc(I)c1CCl. The predicted molar refractivity (Wildman–Crippen MR) is 53.7 cm³/mol. The van der Waals surface area contributed by atoms with E-state index in [1.54, 1.807) is 6.07 Å². The van der Waals surface area contributed by atoms with Crippen molar-refractivity contribution in [3.8, 4) is 0 Å². The Balaban J connectivity index is 3.29. The topological polar surface area (TPSA) is 0 Å². The van der Waals surface area contributed by atoms with E-state index in [9.17, 15) is 13.2 Å². The highest BCUT2D eigenvalue weighted by Gasteiger charge is 2.33. The molecule has 0 saturated carbocycles. The summed E-state index contributed by atoms with van der Waals surface area (Å²) >= 11 is 7.28. The molecule has 0 aliphatic carbocycles. The summed E-state index contributed by atoms with van der Waals surface area (Å²) in [5.41, 5.74) is -0.494. The lowest BCUT2D eigenvalue weighted by molar-refractivity contribution is -0.138. The van der Waals surface area contributed by atoms with E-state index in [4.69, 9.17) is 11.6 Å². The Labute approximate surface area is 92.2 Å². The highest BCUT2D eigenvalue weighted by molar-refractivity contribution is 14.1. The van der Waals surface area contributed by atoms with Crippen molar-refractivity contribution < 1.29 is 13.2 Å². The molecule has 0 spiro atoms. The van der Waals surface area contributed by atoms with Crippen LogP contribution in [0.1, 0.15) is 11.1 Å². The van der Waals surface area contributed by atoms with Crippen molar-refractivity contribution in [2.45, 2.75) is 12.1 Å². The molecule has 0 fully saturated rings. The molecule has 72 valence electrons. The van der Waals surface area contributed by atoms with Crippen molar-refractivity contribution in [1.82, 2.24) is 0 Å². The van der Waals surface area contributed by atoms with Crippen LogP contribution in [0.15, 0.2) is 18.2 Å². The van der Waals surface area contributed by atoms with Gasteiger partial charge in [-0.2, -0.15) is 13.2 Å². The maximum atomic E-state index is 12.4. The number of hydrogen-bond acceptors (Lipinski definition) is 0. The van der Waals surface area contributed by atoms with Gasteiger partial charge < -0.3 is 0 Å². The van der Waals surface area contributed by atoms with E-state index >= 15 is 0 Å². The summed E-state index contributed by atoms with van der Waals surface area (Å²) in [6.07, 6.45) is -4.31. The quantitative estimate of drug-likeness (QED) is 0.541. The molecule has 0 aliphatic rings. The molecule has 0 aromatic heterocycles. The first-order chi connectivity index (χ1) is 5.96. The molecule has 0 N–H and O–H groups in total. The summed E-state index contributed by atoms with van der Waals surface area (Å²) < 4.78 is 37.6. The summed E-state index contributed by atoms with van der Waals surface area (Å²) in [6, 6.07) is 4.02. The van der Waals surface area contributed by atoms with E-state index in [-0.39, 0.29) is 11.4 Å². The molecule has 13 heavy (non-hydrogen) atoms. The molecule has 0 aliphatic heterocycles. The fourth-order valence-electron chi connectivity index (χ4n) is 0.960. The van der Waals surface area contributed by atoms with E-state index in [0.717, 1.165) is 6.07 Å². The van der Waals surface area contributed by atoms with E-state index in [1.165, 1.54) is 6.07 Å². The molecule has 1 rings (SSSR count). The molecule has 1 aromatic carbocycles. The first-order valence-corrected chi connectivity index (χ1v) is 4.98. The van der Waals surface area contributed by atoms with Gasteiger partial charge in [-0.1, -0.05) is 6.07 Å². The van der Waals surface area contributed by atoms with Crippen LogP contribution < -0.4 is 0 Å². The maximum Gasteiger partial charge on any atom is 0.416 e. The lowest BCUT2D eigenvalue weighted by Gasteiger charge is -2.11. The molecule has 0 atom stereocenters.